The van der Waals surface area contributed by atoms with Crippen LogP contribution in [0.15, 0.2) is 18.2 Å². The Labute approximate surface area is 134 Å². The maximum Gasteiger partial charge on any atom is 0.130 e. The topological polar surface area (TPSA) is 64.8 Å². The van der Waals surface area contributed by atoms with E-state index in [2.05, 4.69) is 25.6 Å². The summed E-state index contributed by atoms with van der Waals surface area (Å²) in [6.45, 7) is 6.76. The summed E-state index contributed by atoms with van der Waals surface area (Å²) in [4.78, 5) is 6.76. The molecule has 0 aliphatic carbocycles. The van der Waals surface area contributed by atoms with E-state index in [1.54, 1.807) is 0 Å². The second-order valence-corrected chi connectivity index (χ2v) is 6.46. The van der Waals surface area contributed by atoms with Gasteiger partial charge in [-0.25, -0.2) is 4.98 Å². The smallest absolute Gasteiger partial charge is 0.130 e. The number of nitrogens with one attached hydrogen (secondary N) is 1. The van der Waals surface area contributed by atoms with Crippen molar-refractivity contribution < 1.29 is 0 Å². The number of hydrogen-bond acceptors (Lipinski definition) is 6. The van der Waals surface area contributed by atoms with Crippen molar-refractivity contribution in [3.8, 4) is 6.07 Å². The first-order chi connectivity index (χ1) is 10.7. The molecule has 0 bridgehead atoms. The minimum atomic E-state index is 0.566. The van der Waals surface area contributed by atoms with Crippen molar-refractivity contribution in [2.75, 3.05) is 29.9 Å². The minimum Gasteiger partial charge on any atom is -0.370 e. The van der Waals surface area contributed by atoms with Crippen LogP contribution >= 0.6 is 11.5 Å². The van der Waals surface area contributed by atoms with E-state index in [0.717, 1.165) is 53.8 Å². The summed E-state index contributed by atoms with van der Waals surface area (Å²) in [5.74, 6) is 1.50. The highest BCUT2D eigenvalue weighted by atomic mass is 32.1. The molecule has 6 heteroatoms. The molecule has 5 nitrogen and oxygen atoms in total. The Morgan fingerprint density at radius 1 is 1.45 bits per heavy atom. The highest BCUT2D eigenvalue weighted by Gasteiger charge is 2.26. The molecule has 3 rings (SSSR count). The molecular weight excluding hydrogens is 294 g/mol. The Kier molecular flexibility index (Phi) is 4.25. The van der Waals surface area contributed by atoms with Crippen LogP contribution in [0.1, 0.15) is 23.4 Å². The quantitative estimate of drug-likeness (QED) is 0.940. The Balaban J connectivity index is 1.60. The van der Waals surface area contributed by atoms with Crippen molar-refractivity contribution in [1.29, 1.82) is 5.26 Å². The number of aromatic nitrogens is 2. The van der Waals surface area contributed by atoms with Crippen molar-refractivity contribution in [3.63, 3.8) is 0 Å². The summed E-state index contributed by atoms with van der Waals surface area (Å²) >= 11 is 1.44. The maximum atomic E-state index is 9.26. The average Bonchev–Trinajstić information content (AvgIpc) is 3.11. The van der Waals surface area contributed by atoms with E-state index in [1.807, 2.05) is 32.0 Å². The van der Waals surface area contributed by atoms with Crippen LogP contribution in [-0.2, 0) is 0 Å². The van der Waals surface area contributed by atoms with Gasteiger partial charge in [-0.05, 0) is 49.9 Å². The predicted molar refractivity (Wildman–Crippen MR) is 89.3 cm³/mol. The molecule has 114 valence electrons. The molecule has 2 aromatic heterocycles. The van der Waals surface area contributed by atoms with Gasteiger partial charge in [0.25, 0.3) is 0 Å². The van der Waals surface area contributed by atoms with Gasteiger partial charge in [0.1, 0.15) is 22.5 Å². The lowest BCUT2D eigenvalue weighted by Gasteiger charge is -2.17. The van der Waals surface area contributed by atoms with E-state index in [4.69, 9.17) is 0 Å². The number of pyridine rings is 1. The zero-order valence-corrected chi connectivity index (χ0v) is 13.7. The molecule has 0 radical (unpaired) electrons. The molecule has 2 aromatic rings. The maximum absolute atomic E-state index is 9.26. The lowest BCUT2D eigenvalue weighted by molar-refractivity contribution is 0.621. The van der Waals surface area contributed by atoms with E-state index < -0.39 is 0 Å². The Bertz CT molecular complexity index is 703. The monoisotopic (exact) mass is 313 g/mol. The number of nitriles is 1. The fraction of sp³-hybridized carbons (Fsp3) is 0.438. The van der Waals surface area contributed by atoms with Crippen LogP contribution in [-0.4, -0.2) is 29.0 Å². The molecular formula is C16H19N5S. The van der Waals surface area contributed by atoms with E-state index in [1.165, 1.54) is 11.5 Å². The lowest BCUT2D eigenvalue weighted by Crippen LogP contribution is -2.22. The third-order valence-electron chi connectivity index (χ3n) is 3.99. The first-order valence-corrected chi connectivity index (χ1v) is 8.23. The summed E-state index contributed by atoms with van der Waals surface area (Å²) in [5.41, 5.74) is 2.60. The second-order valence-electron chi connectivity index (χ2n) is 5.71. The van der Waals surface area contributed by atoms with Gasteiger partial charge in [0, 0.05) is 25.3 Å². The zero-order chi connectivity index (χ0) is 15.5. The molecule has 0 amide bonds. The van der Waals surface area contributed by atoms with Gasteiger partial charge in [-0.2, -0.15) is 9.64 Å². The number of rotatable bonds is 4. The number of nitrogens with zero attached hydrogens (tertiary/aromatic N) is 4. The van der Waals surface area contributed by atoms with E-state index in [0.29, 0.717) is 5.92 Å². The summed E-state index contributed by atoms with van der Waals surface area (Å²) in [7, 11) is 0. The summed E-state index contributed by atoms with van der Waals surface area (Å²) in [6.07, 6.45) is 1.13. The Morgan fingerprint density at radius 2 is 2.32 bits per heavy atom. The van der Waals surface area contributed by atoms with Gasteiger partial charge >= 0.3 is 0 Å². The van der Waals surface area contributed by atoms with Gasteiger partial charge in [-0.1, -0.05) is 6.07 Å². The molecule has 1 aliphatic rings. The van der Waals surface area contributed by atoms with Crippen molar-refractivity contribution in [2.24, 2.45) is 5.92 Å². The zero-order valence-electron chi connectivity index (χ0n) is 12.8. The lowest BCUT2D eigenvalue weighted by atomic mass is 10.1. The molecule has 1 fully saturated rings. The largest absolute Gasteiger partial charge is 0.370 e. The van der Waals surface area contributed by atoms with Crippen LogP contribution in [0.4, 0.5) is 10.8 Å². The highest BCUT2D eigenvalue weighted by Crippen LogP contribution is 2.32. The van der Waals surface area contributed by atoms with Gasteiger partial charge in [-0.3, -0.25) is 0 Å². The van der Waals surface area contributed by atoms with Gasteiger partial charge in [0.15, 0.2) is 0 Å². The number of anilines is 2. The first kappa shape index (κ1) is 14.8. The van der Waals surface area contributed by atoms with Gasteiger partial charge in [0.2, 0.25) is 0 Å². The average molecular weight is 313 g/mol. The normalized spacial score (nSPS) is 17.5. The van der Waals surface area contributed by atoms with Crippen molar-refractivity contribution in [3.05, 3.63) is 35.2 Å². The van der Waals surface area contributed by atoms with Crippen LogP contribution in [0.25, 0.3) is 0 Å². The molecule has 0 aromatic carbocycles. The molecule has 1 N–H and O–H groups in total. The Morgan fingerprint density at radius 3 is 3.09 bits per heavy atom. The van der Waals surface area contributed by atoms with Gasteiger partial charge < -0.3 is 10.2 Å². The molecule has 0 saturated carbocycles. The molecule has 1 atom stereocenters. The van der Waals surface area contributed by atoms with Crippen molar-refractivity contribution >= 4 is 22.4 Å². The molecule has 22 heavy (non-hydrogen) atoms. The standard InChI is InChI=1S/C16H19N5S/c1-11-4-3-5-15(19-11)18-9-13-6-7-21(10-13)16-14(8-17)12(2)20-22-16/h3-5,13H,6-7,9-10H2,1-2H3,(H,18,19)/t13-/m1/s1. The van der Waals surface area contributed by atoms with E-state index >= 15 is 0 Å². The SMILES string of the molecule is Cc1cccc(NC[C@H]2CCN(c3snc(C)c3C#N)C2)n1. The van der Waals surface area contributed by atoms with Crippen LogP contribution in [0.2, 0.25) is 0 Å². The third-order valence-corrected chi connectivity index (χ3v) is 4.99. The van der Waals surface area contributed by atoms with Crippen LogP contribution < -0.4 is 10.2 Å². The Hall–Kier alpha value is -2.13. The fourth-order valence-corrected chi connectivity index (χ4v) is 3.66. The fourth-order valence-electron chi connectivity index (χ4n) is 2.78. The third kappa shape index (κ3) is 3.04. The van der Waals surface area contributed by atoms with Gasteiger partial charge in [0.05, 0.1) is 5.69 Å². The van der Waals surface area contributed by atoms with Crippen molar-refractivity contribution in [1.82, 2.24) is 9.36 Å². The van der Waals surface area contributed by atoms with E-state index in [9.17, 15) is 5.26 Å². The first-order valence-electron chi connectivity index (χ1n) is 7.46. The highest BCUT2D eigenvalue weighted by molar-refractivity contribution is 7.10. The van der Waals surface area contributed by atoms with Crippen LogP contribution in [0, 0.1) is 31.1 Å². The molecule has 1 saturated heterocycles. The summed E-state index contributed by atoms with van der Waals surface area (Å²) in [6, 6.07) is 8.30. The molecule has 1 aliphatic heterocycles. The van der Waals surface area contributed by atoms with Crippen LogP contribution in [0.3, 0.4) is 0 Å². The molecule has 3 heterocycles. The number of aryl methyl sites for hydroxylation is 2. The van der Waals surface area contributed by atoms with E-state index in [-0.39, 0.29) is 0 Å². The summed E-state index contributed by atoms with van der Waals surface area (Å²) in [5, 5.41) is 13.7. The second kappa shape index (κ2) is 6.32. The molecule has 0 unspecified atom stereocenters. The minimum absolute atomic E-state index is 0.566. The summed E-state index contributed by atoms with van der Waals surface area (Å²) < 4.78 is 4.31. The van der Waals surface area contributed by atoms with Gasteiger partial charge in [-0.15, -0.1) is 0 Å². The van der Waals surface area contributed by atoms with Crippen molar-refractivity contribution in [2.45, 2.75) is 20.3 Å². The van der Waals surface area contributed by atoms with Crippen LogP contribution in [0.5, 0.6) is 0 Å². The number of hydrogen-bond donors (Lipinski definition) is 1. The predicted octanol–water partition coefficient (Wildman–Crippen LogP) is 2.97. The molecule has 0 spiro atoms.